The molecule has 0 radical (unpaired) electrons. The molecule has 1 aliphatic heterocycles. The highest BCUT2D eigenvalue weighted by atomic mass is 35.5. The zero-order valence-corrected chi connectivity index (χ0v) is 19.1. The van der Waals surface area contributed by atoms with E-state index in [2.05, 4.69) is 43.2 Å². The Balaban J connectivity index is 1.27. The molecule has 2 aromatic heterocycles. The van der Waals surface area contributed by atoms with Gasteiger partial charge in [0.25, 0.3) is 0 Å². The Morgan fingerprint density at radius 2 is 1.82 bits per heavy atom. The molecule has 0 bridgehead atoms. The maximum atomic E-state index is 6.21. The number of anilines is 3. The van der Waals surface area contributed by atoms with Crippen molar-refractivity contribution in [3.63, 3.8) is 0 Å². The average molecular weight is 459 g/mol. The molecule has 1 fully saturated rings. The van der Waals surface area contributed by atoms with E-state index >= 15 is 0 Å². The smallest absolute Gasteiger partial charge is 0.138 e. The van der Waals surface area contributed by atoms with Crippen LogP contribution < -0.4 is 16.2 Å². The number of likely N-dealkylation sites (tertiary alicyclic amines) is 1. The van der Waals surface area contributed by atoms with Crippen LogP contribution in [-0.4, -0.2) is 34.5 Å². The number of pyridine rings is 2. The number of aromatic nitrogens is 2. The SMILES string of the molecule is Clc1ccc2ccnc(Nc3cccc(NNCC(c4cccnc4)N4CCCC4)c3)c2c1. The van der Waals surface area contributed by atoms with Crippen molar-refractivity contribution < 1.29 is 0 Å². The molecule has 1 unspecified atom stereocenters. The molecule has 1 atom stereocenters. The molecule has 4 aromatic rings. The van der Waals surface area contributed by atoms with E-state index in [-0.39, 0.29) is 0 Å². The van der Waals surface area contributed by atoms with Crippen molar-refractivity contribution in [3.05, 3.63) is 89.8 Å². The average Bonchev–Trinajstić information content (AvgIpc) is 3.38. The highest BCUT2D eigenvalue weighted by molar-refractivity contribution is 6.31. The van der Waals surface area contributed by atoms with Crippen LogP contribution in [-0.2, 0) is 0 Å². The molecule has 3 heterocycles. The standard InChI is InChI=1S/C26H27ClN6/c27-21-9-8-19-10-12-29-26(24(19)15-21)31-22-6-3-7-23(16-22)32-30-18-25(33-13-1-2-14-33)20-5-4-11-28-17-20/h3-12,15-17,25,30,32H,1-2,13-14,18H2,(H,29,31). The van der Waals surface area contributed by atoms with E-state index < -0.39 is 0 Å². The molecule has 2 aromatic carbocycles. The summed E-state index contributed by atoms with van der Waals surface area (Å²) in [5.74, 6) is 0.783. The summed E-state index contributed by atoms with van der Waals surface area (Å²) in [7, 11) is 0. The lowest BCUT2D eigenvalue weighted by atomic mass is 10.1. The number of hydrogen-bond donors (Lipinski definition) is 3. The number of benzene rings is 2. The summed E-state index contributed by atoms with van der Waals surface area (Å²) < 4.78 is 0. The Labute approximate surface area is 199 Å². The molecule has 5 rings (SSSR count). The van der Waals surface area contributed by atoms with Crippen LogP contribution in [0.4, 0.5) is 17.2 Å². The van der Waals surface area contributed by atoms with E-state index in [1.807, 2.05) is 60.9 Å². The van der Waals surface area contributed by atoms with Crippen molar-refractivity contribution in [1.29, 1.82) is 0 Å². The predicted molar refractivity (Wildman–Crippen MR) is 136 cm³/mol. The lowest BCUT2D eigenvalue weighted by molar-refractivity contribution is 0.241. The van der Waals surface area contributed by atoms with Gasteiger partial charge in [0.2, 0.25) is 0 Å². The fourth-order valence-electron chi connectivity index (χ4n) is 4.39. The highest BCUT2D eigenvalue weighted by Gasteiger charge is 2.23. The Morgan fingerprint density at radius 1 is 0.939 bits per heavy atom. The van der Waals surface area contributed by atoms with Crippen LogP contribution in [0.2, 0.25) is 5.02 Å². The Kier molecular flexibility index (Phi) is 6.67. The quantitative estimate of drug-likeness (QED) is 0.291. The summed E-state index contributed by atoms with van der Waals surface area (Å²) in [6.07, 6.45) is 8.11. The van der Waals surface area contributed by atoms with Gasteiger partial charge < -0.3 is 10.7 Å². The second-order valence-electron chi connectivity index (χ2n) is 8.28. The molecule has 3 N–H and O–H groups in total. The van der Waals surface area contributed by atoms with Crippen LogP contribution in [0.3, 0.4) is 0 Å². The summed E-state index contributed by atoms with van der Waals surface area (Å²) in [5, 5.41) is 6.21. The molecular weight excluding hydrogens is 432 g/mol. The third-order valence-corrected chi connectivity index (χ3v) is 6.27. The molecule has 1 aliphatic rings. The molecule has 6 nitrogen and oxygen atoms in total. The van der Waals surface area contributed by atoms with Gasteiger partial charge in [-0.25, -0.2) is 10.4 Å². The number of rotatable bonds is 8. The monoisotopic (exact) mass is 458 g/mol. The van der Waals surface area contributed by atoms with E-state index in [1.54, 1.807) is 6.20 Å². The largest absolute Gasteiger partial charge is 0.340 e. The first kappa shape index (κ1) is 21.6. The molecule has 0 amide bonds. The van der Waals surface area contributed by atoms with E-state index in [0.29, 0.717) is 11.1 Å². The first-order valence-electron chi connectivity index (χ1n) is 11.3. The van der Waals surface area contributed by atoms with Crippen LogP contribution in [0.25, 0.3) is 10.8 Å². The van der Waals surface area contributed by atoms with Crippen molar-refractivity contribution in [2.75, 3.05) is 30.4 Å². The minimum Gasteiger partial charge on any atom is -0.340 e. The van der Waals surface area contributed by atoms with Crippen molar-refractivity contribution in [2.45, 2.75) is 18.9 Å². The normalized spacial score (nSPS) is 14.9. The van der Waals surface area contributed by atoms with Gasteiger partial charge >= 0.3 is 0 Å². The van der Waals surface area contributed by atoms with Crippen LogP contribution in [0, 0.1) is 0 Å². The predicted octanol–water partition coefficient (Wildman–Crippen LogP) is 5.78. The highest BCUT2D eigenvalue weighted by Crippen LogP contribution is 2.28. The Bertz CT molecular complexity index is 1210. The van der Waals surface area contributed by atoms with E-state index in [0.717, 1.165) is 47.6 Å². The van der Waals surface area contributed by atoms with Gasteiger partial charge in [0.15, 0.2) is 0 Å². The van der Waals surface area contributed by atoms with Gasteiger partial charge in [0, 0.05) is 41.2 Å². The van der Waals surface area contributed by atoms with Crippen LogP contribution in [0.1, 0.15) is 24.4 Å². The Hall–Kier alpha value is -3.19. The number of fused-ring (bicyclic) bond motifs is 1. The van der Waals surface area contributed by atoms with Crippen molar-refractivity contribution in [2.24, 2.45) is 0 Å². The van der Waals surface area contributed by atoms with Crippen molar-refractivity contribution in [3.8, 4) is 0 Å². The molecule has 0 aliphatic carbocycles. The third kappa shape index (κ3) is 5.25. The topological polar surface area (TPSA) is 65.1 Å². The van der Waals surface area contributed by atoms with Gasteiger partial charge in [0.1, 0.15) is 5.82 Å². The maximum absolute atomic E-state index is 6.21. The molecule has 33 heavy (non-hydrogen) atoms. The summed E-state index contributed by atoms with van der Waals surface area (Å²) in [6.45, 7) is 3.04. The van der Waals surface area contributed by atoms with Gasteiger partial charge in [-0.2, -0.15) is 0 Å². The lowest BCUT2D eigenvalue weighted by Gasteiger charge is -2.28. The molecule has 0 spiro atoms. The summed E-state index contributed by atoms with van der Waals surface area (Å²) >= 11 is 6.21. The summed E-state index contributed by atoms with van der Waals surface area (Å²) in [6, 6.07) is 20.4. The van der Waals surface area contributed by atoms with E-state index in [4.69, 9.17) is 11.6 Å². The van der Waals surface area contributed by atoms with Crippen molar-refractivity contribution in [1.82, 2.24) is 20.3 Å². The van der Waals surface area contributed by atoms with Crippen molar-refractivity contribution >= 4 is 39.6 Å². The number of nitrogens with zero attached hydrogens (tertiary/aromatic N) is 3. The number of halogens is 1. The first-order chi connectivity index (χ1) is 16.3. The van der Waals surface area contributed by atoms with Crippen LogP contribution in [0.5, 0.6) is 0 Å². The zero-order valence-electron chi connectivity index (χ0n) is 18.3. The molecule has 7 heteroatoms. The number of hydrogen-bond acceptors (Lipinski definition) is 6. The van der Waals surface area contributed by atoms with Gasteiger partial charge in [-0.1, -0.05) is 29.8 Å². The van der Waals surface area contributed by atoms with Crippen LogP contribution >= 0.6 is 11.6 Å². The molecule has 0 saturated carbocycles. The van der Waals surface area contributed by atoms with Gasteiger partial charge in [0.05, 0.1) is 11.7 Å². The first-order valence-corrected chi connectivity index (χ1v) is 11.7. The van der Waals surface area contributed by atoms with Gasteiger partial charge in [-0.15, -0.1) is 0 Å². The second kappa shape index (κ2) is 10.2. The molecule has 168 valence electrons. The minimum atomic E-state index is 0.291. The summed E-state index contributed by atoms with van der Waals surface area (Å²) in [5.41, 5.74) is 9.95. The van der Waals surface area contributed by atoms with Crippen LogP contribution in [0.15, 0.2) is 79.3 Å². The summed E-state index contributed by atoms with van der Waals surface area (Å²) in [4.78, 5) is 11.4. The van der Waals surface area contributed by atoms with E-state index in [9.17, 15) is 0 Å². The molecular formula is C26H27ClN6. The van der Waals surface area contributed by atoms with Gasteiger partial charge in [-0.3, -0.25) is 9.88 Å². The lowest BCUT2D eigenvalue weighted by Crippen LogP contribution is -2.36. The zero-order chi connectivity index (χ0) is 22.5. The fraction of sp³-hybridized carbons (Fsp3) is 0.231. The van der Waals surface area contributed by atoms with Gasteiger partial charge in [-0.05, 0) is 79.3 Å². The second-order valence-corrected chi connectivity index (χ2v) is 8.72. The fourth-order valence-corrected chi connectivity index (χ4v) is 4.56. The maximum Gasteiger partial charge on any atom is 0.138 e. The molecule has 1 saturated heterocycles. The minimum absolute atomic E-state index is 0.291. The number of hydrazine groups is 1. The third-order valence-electron chi connectivity index (χ3n) is 6.03. The van der Waals surface area contributed by atoms with E-state index in [1.165, 1.54) is 18.4 Å². The number of nitrogens with one attached hydrogen (secondary N) is 3. The Morgan fingerprint density at radius 3 is 2.67 bits per heavy atom.